The molecule has 122 valence electrons. The van der Waals surface area contributed by atoms with Gasteiger partial charge in [-0.3, -0.25) is 9.59 Å². The van der Waals surface area contributed by atoms with Crippen LogP contribution in [0.5, 0.6) is 0 Å². The summed E-state index contributed by atoms with van der Waals surface area (Å²) in [4.78, 5) is 35.5. The number of fused-ring (bicyclic) bond motifs is 1. The van der Waals surface area contributed by atoms with Gasteiger partial charge in [0.2, 0.25) is 5.76 Å². The summed E-state index contributed by atoms with van der Waals surface area (Å²) in [5, 5.41) is 3.10. The Balaban J connectivity index is 2.01. The first kappa shape index (κ1) is 16.7. The third-order valence-electron chi connectivity index (χ3n) is 3.30. The van der Waals surface area contributed by atoms with Crippen molar-refractivity contribution in [2.45, 2.75) is 32.7 Å². The Morgan fingerprint density at radius 1 is 1.30 bits per heavy atom. The number of carbonyl (C=O) groups excluding carboxylic acids is 2. The minimum atomic E-state index is -0.842. The van der Waals surface area contributed by atoms with Gasteiger partial charge in [0, 0.05) is 12.1 Å². The molecule has 1 atom stereocenters. The van der Waals surface area contributed by atoms with Crippen LogP contribution in [0, 0.1) is 0 Å². The van der Waals surface area contributed by atoms with Crippen LogP contribution in [0.3, 0.4) is 0 Å². The fraction of sp³-hybridized carbons (Fsp3) is 0.353. The highest BCUT2D eigenvalue weighted by molar-refractivity contribution is 5.90. The normalized spacial score (nSPS) is 11.9. The molecule has 23 heavy (non-hydrogen) atoms. The lowest BCUT2D eigenvalue weighted by Crippen LogP contribution is -2.35. The molecule has 0 aliphatic rings. The molecule has 6 nitrogen and oxygen atoms in total. The summed E-state index contributed by atoms with van der Waals surface area (Å²) in [6, 6.07) is 7.69. The third-order valence-corrected chi connectivity index (χ3v) is 3.30. The lowest BCUT2D eigenvalue weighted by Gasteiger charge is -2.12. The van der Waals surface area contributed by atoms with E-state index in [1.807, 2.05) is 13.8 Å². The van der Waals surface area contributed by atoms with E-state index in [1.165, 1.54) is 0 Å². The molecule has 0 aliphatic carbocycles. The zero-order valence-electron chi connectivity index (χ0n) is 13.1. The summed E-state index contributed by atoms with van der Waals surface area (Å²) >= 11 is 0. The van der Waals surface area contributed by atoms with Gasteiger partial charge in [0.25, 0.3) is 5.91 Å². The monoisotopic (exact) mass is 317 g/mol. The summed E-state index contributed by atoms with van der Waals surface area (Å²) in [5.74, 6) is -1.45. The molecule has 0 aliphatic heterocycles. The number of nitrogens with one attached hydrogen (secondary N) is 1. The van der Waals surface area contributed by atoms with Crippen LogP contribution in [-0.2, 0) is 9.53 Å². The molecule has 1 aromatic carbocycles. The van der Waals surface area contributed by atoms with E-state index >= 15 is 0 Å². The number of carbonyl (C=O) groups is 2. The number of para-hydroxylation sites is 1. The molecule has 0 spiro atoms. The molecular formula is C17H19NO5. The van der Waals surface area contributed by atoms with Crippen molar-refractivity contribution < 1.29 is 18.7 Å². The van der Waals surface area contributed by atoms with Gasteiger partial charge < -0.3 is 14.5 Å². The molecule has 0 saturated heterocycles. The van der Waals surface area contributed by atoms with E-state index in [4.69, 9.17) is 9.15 Å². The first-order valence-electron chi connectivity index (χ1n) is 7.50. The van der Waals surface area contributed by atoms with Crippen LogP contribution in [0.2, 0.25) is 0 Å². The Morgan fingerprint density at radius 3 is 2.78 bits per heavy atom. The highest BCUT2D eigenvalue weighted by atomic mass is 16.5. The van der Waals surface area contributed by atoms with Crippen molar-refractivity contribution in [3.05, 3.63) is 46.3 Å². The molecule has 0 bridgehead atoms. The number of ether oxygens (including phenoxy) is 1. The molecule has 1 heterocycles. The first-order valence-corrected chi connectivity index (χ1v) is 7.50. The van der Waals surface area contributed by atoms with Crippen molar-refractivity contribution in [3.8, 4) is 0 Å². The zero-order chi connectivity index (χ0) is 16.8. The van der Waals surface area contributed by atoms with Crippen molar-refractivity contribution in [3.63, 3.8) is 0 Å². The van der Waals surface area contributed by atoms with Gasteiger partial charge in [-0.1, -0.05) is 25.5 Å². The number of amides is 1. The van der Waals surface area contributed by atoms with Gasteiger partial charge in [-0.25, -0.2) is 4.79 Å². The molecule has 0 fully saturated rings. The second-order valence-corrected chi connectivity index (χ2v) is 5.30. The van der Waals surface area contributed by atoms with Crippen LogP contribution in [0.1, 0.15) is 37.2 Å². The SMILES string of the molecule is CCC[C@H](C)NC(=O)COC(=O)c1cc(=O)c2ccccc2o1. The summed E-state index contributed by atoms with van der Waals surface area (Å²) in [6.07, 6.45) is 1.79. The molecule has 2 rings (SSSR count). The van der Waals surface area contributed by atoms with E-state index in [2.05, 4.69) is 5.32 Å². The number of hydrogen-bond donors (Lipinski definition) is 1. The predicted molar refractivity (Wildman–Crippen MR) is 85.3 cm³/mol. The summed E-state index contributed by atoms with van der Waals surface area (Å²) in [7, 11) is 0. The second kappa shape index (κ2) is 7.58. The van der Waals surface area contributed by atoms with Crippen molar-refractivity contribution in [1.29, 1.82) is 0 Å². The van der Waals surface area contributed by atoms with Crippen molar-refractivity contribution in [1.82, 2.24) is 5.32 Å². The first-order chi connectivity index (χ1) is 11.0. The molecule has 1 aromatic heterocycles. The quantitative estimate of drug-likeness (QED) is 0.826. The van der Waals surface area contributed by atoms with E-state index in [9.17, 15) is 14.4 Å². The number of esters is 1. The van der Waals surface area contributed by atoms with Crippen molar-refractivity contribution >= 4 is 22.8 Å². The Hall–Kier alpha value is -2.63. The van der Waals surface area contributed by atoms with E-state index in [-0.39, 0.29) is 23.1 Å². The number of hydrogen-bond acceptors (Lipinski definition) is 5. The molecule has 1 N–H and O–H groups in total. The predicted octanol–water partition coefficient (Wildman–Crippen LogP) is 2.25. The van der Waals surface area contributed by atoms with Crippen LogP contribution in [0.15, 0.2) is 39.5 Å². The molecule has 0 radical (unpaired) electrons. The fourth-order valence-corrected chi connectivity index (χ4v) is 2.23. The highest BCUT2D eigenvalue weighted by Crippen LogP contribution is 2.12. The summed E-state index contributed by atoms with van der Waals surface area (Å²) in [6.45, 7) is 3.49. The molecule has 0 unspecified atom stereocenters. The van der Waals surface area contributed by atoms with Gasteiger partial charge >= 0.3 is 5.97 Å². The Kier molecular flexibility index (Phi) is 5.51. The van der Waals surface area contributed by atoms with Crippen LogP contribution >= 0.6 is 0 Å². The lowest BCUT2D eigenvalue weighted by molar-refractivity contribution is -0.124. The smallest absolute Gasteiger partial charge is 0.374 e. The Labute approximate surface area is 133 Å². The van der Waals surface area contributed by atoms with Crippen molar-refractivity contribution in [2.24, 2.45) is 0 Å². The van der Waals surface area contributed by atoms with E-state index in [0.717, 1.165) is 18.9 Å². The second-order valence-electron chi connectivity index (χ2n) is 5.30. The average molecular weight is 317 g/mol. The van der Waals surface area contributed by atoms with Gasteiger partial charge in [-0.15, -0.1) is 0 Å². The van der Waals surface area contributed by atoms with Gasteiger partial charge in [0.1, 0.15) is 5.58 Å². The summed E-state index contributed by atoms with van der Waals surface area (Å²) < 4.78 is 10.2. The molecule has 0 saturated carbocycles. The average Bonchev–Trinajstić information content (AvgIpc) is 2.52. The maximum atomic E-state index is 11.9. The van der Waals surface area contributed by atoms with Gasteiger partial charge in [-0.05, 0) is 25.5 Å². The minimum Gasteiger partial charge on any atom is -0.450 e. The van der Waals surface area contributed by atoms with Gasteiger partial charge in [0.05, 0.1) is 5.39 Å². The largest absolute Gasteiger partial charge is 0.450 e. The van der Waals surface area contributed by atoms with E-state index in [0.29, 0.717) is 11.0 Å². The highest BCUT2D eigenvalue weighted by Gasteiger charge is 2.16. The molecule has 2 aromatic rings. The van der Waals surface area contributed by atoms with Crippen molar-refractivity contribution in [2.75, 3.05) is 6.61 Å². The number of benzene rings is 1. The molecular weight excluding hydrogens is 298 g/mol. The van der Waals surface area contributed by atoms with Crippen LogP contribution in [0.4, 0.5) is 0 Å². The zero-order valence-corrected chi connectivity index (χ0v) is 13.1. The maximum absolute atomic E-state index is 11.9. The Bertz CT molecular complexity index is 765. The van der Waals surface area contributed by atoms with Gasteiger partial charge in [-0.2, -0.15) is 0 Å². The van der Waals surface area contributed by atoms with Gasteiger partial charge in [0.15, 0.2) is 12.0 Å². The third kappa shape index (κ3) is 4.42. The van der Waals surface area contributed by atoms with Crippen LogP contribution in [0.25, 0.3) is 11.0 Å². The molecule has 1 amide bonds. The maximum Gasteiger partial charge on any atom is 0.374 e. The topological polar surface area (TPSA) is 85.6 Å². The standard InChI is InChI=1S/C17H19NO5/c1-3-6-11(2)18-16(20)10-22-17(21)15-9-13(19)12-7-4-5-8-14(12)23-15/h4-5,7-9,11H,3,6,10H2,1-2H3,(H,18,20)/t11-/m0/s1. The fourth-order valence-electron chi connectivity index (χ4n) is 2.23. The van der Waals surface area contributed by atoms with Crippen LogP contribution < -0.4 is 10.7 Å². The Morgan fingerprint density at radius 2 is 2.04 bits per heavy atom. The molecule has 6 heteroatoms. The lowest BCUT2D eigenvalue weighted by atomic mass is 10.2. The van der Waals surface area contributed by atoms with Crippen LogP contribution in [-0.4, -0.2) is 24.5 Å². The minimum absolute atomic E-state index is 0.0183. The summed E-state index contributed by atoms with van der Waals surface area (Å²) in [5.41, 5.74) is -0.0345. The van der Waals surface area contributed by atoms with E-state index < -0.39 is 12.6 Å². The number of rotatable bonds is 6. The van der Waals surface area contributed by atoms with E-state index in [1.54, 1.807) is 24.3 Å².